The highest BCUT2D eigenvalue weighted by Crippen LogP contribution is 2.32. The van der Waals surface area contributed by atoms with Crippen LogP contribution in [0.15, 0.2) is 41.3 Å². The molecule has 1 aliphatic rings. The zero-order chi connectivity index (χ0) is 21.9. The monoisotopic (exact) mass is 440 g/mol. The van der Waals surface area contributed by atoms with Gasteiger partial charge in [-0.15, -0.1) is 0 Å². The number of sulfonamides is 1. The summed E-state index contributed by atoms with van der Waals surface area (Å²) in [7, 11) is -1.04. The number of methoxy groups -OCH3 is 2. The second kappa shape index (κ2) is 8.97. The number of hydrogen-bond acceptors (Lipinski definition) is 5. The van der Waals surface area contributed by atoms with E-state index in [1.165, 1.54) is 36.7 Å². The number of nitrogens with one attached hydrogen (secondary N) is 1. The second-order valence-corrected chi connectivity index (χ2v) is 8.77. The smallest absolute Gasteiger partial charge is 0.243 e. The number of nitrogens with zero attached hydrogens (tertiary/aromatic N) is 1. The van der Waals surface area contributed by atoms with Gasteiger partial charge in [0.15, 0.2) is 11.5 Å². The Morgan fingerprint density at radius 3 is 2.53 bits per heavy atom. The fourth-order valence-electron chi connectivity index (χ4n) is 3.33. The van der Waals surface area contributed by atoms with Gasteiger partial charge >= 0.3 is 0 Å². The van der Waals surface area contributed by atoms with Crippen molar-refractivity contribution >= 4 is 21.6 Å². The first kappa shape index (κ1) is 22.0. The first-order valence-electron chi connectivity index (χ1n) is 9.24. The number of carbonyl (C=O) groups is 1. The molecule has 0 aromatic heterocycles. The molecule has 1 N–H and O–H groups in total. The lowest BCUT2D eigenvalue weighted by Gasteiger charge is -2.31. The zero-order valence-electron chi connectivity index (χ0n) is 16.5. The fourth-order valence-corrected chi connectivity index (χ4v) is 4.87. The summed E-state index contributed by atoms with van der Waals surface area (Å²) in [6.45, 7) is 0.175. The van der Waals surface area contributed by atoms with Gasteiger partial charge in [0.1, 0.15) is 11.6 Å². The van der Waals surface area contributed by atoms with E-state index in [0.717, 1.165) is 18.2 Å². The Morgan fingerprint density at radius 2 is 1.83 bits per heavy atom. The predicted molar refractivity (Wildman–Crippen MR) is 106 cm³/mol. The van der Waals surface area contributed by atoms with Gasteiger partial charge in [-0.25, -0.2) is 17.2 Å². The van der Waals surface area contributed by atoms with Crippen LogP contribution >= 0.6 is 0 Å². The van der Waals surface area contributed by atoms with Crippen molar-refractivity contribution in [2.45, 2.75) is 17.7 Å². The SMILES string of the molecule is COc1ccc(S(=O)(=O)N2CCC[C@H](C(=O)Nc3cc(F)ccc3F)C2)cc1OC. The molecule has 2 aromatic carbocycles. The van der Waals surface area contributed by atoms with E-state index in [0.29, 0.717) is 18.6 Å². The van der Waals surface area contributed by atoms with Crippen LogP contribution in [0.2, 0.25) is 0 Å². The van der Waals surface area contributed by atoms with E-state index in [4.69, 9.17) is 9.47 Å². The summed E-state index contributed by atoms with van der Waals surface area (Å²) in [4.78, 5) is 12.6. The van der Waals surface area contributed by atoms with E-state index < -0.39 is 33.5 Å². The standard InChI is InChI=1S/C20H22F2N2O5S/c1-28-18-8-6-15(11-19(18)29-2)30(26,27)24-9-3-4-13(12-24)20(25)23-17-10-14(21)5-7-16(17)22/h5-8,10-11,13H,3-4,9,12H2,1-2H3,(H,23,25)/t13-/m0/s1. The van der Waals surface area contributed by atoms with Crippen molar-refractivity contribution in [3.05, 3.63) is 48.0 Å². The number of carbonyl (C=O) groups excluding carboxylic acids is 1. The van der Waals surface area contributed by atoms with E-state index in [9.17, 15) is 22.0 Å². The predicted octanol–water partition coefficient (Wildman–Crippen LogP) is 3.02. The normalized spacial score (nSPS) is 17.4. The zero-order valence-corrected chi connectivity index (χ0v) is 17.3. The van der Waals surface area contributed by atoms with Gasteiger partial charge in [0.25, 0.3) is 0 Å². The van der Waals surface area contributed by atoms with E-state index in [-0.39, 0.29) is 29.4 Å². The summed E-state index contributed by atoms with van der Waals surface area (Å²) in [5.74, 6) is -2.05. The molecule has 7 nitrogen and oxygen atoms in total. The Bertz CT molecular complexity index is 1050. The van der Waals surface area contributed by atoms with Gasteiger partial charge in [-0.2, -0.15) is 4.31 Å². The Balaban J connectivity index is 1.78. The fraction of sp³-hybridized carbons (Fsp3) is 0.350. The minimum atomic E-state index is -3.89. The van der Waals surface area contributed by atoms with Crippen LogP contribution in [0, 0.1) is 17.6 Å². The number of hydrogen-bond donors (Lipinski definition) is 1. The first-order chi connectivity index (χ1) is 14.3. The van der Waals surface area contributed by atoms with Gasteiger partial charge in [0.2, 0.25) is 15.9 Å². The van der Waals surface area contributed by atoms with Crippen LogP contribution in [0.3, 0.4) is 0 Å². The molecule has 0 aliphatic carbocycles. The van der Waals surface area contributed by atoms with Crippen LogP contribution in [0.4, 0.5) is 14.5 Å². The van der Waals surface area contributed by atoms with Crippen LogP contribution in [0.5, 0.6) is 11.5 Å². The third-order valence-corrected chi connectivity index (χ3v) is 6.80. The quantitative estimate of drug-likeness (QED) is 0.747. The lowest BCUT2D eigenvalue weighted by atomic mass is 9.98. The molecule has 1 atom stereocenters. The van der Waals surface area contributed by atoms with Crippen LogP contribution in [0.25, 0.3) is 0 Å². The average molecular weight is 440 g/mol. The maximum atomic E-state index is 13.8. The van der Waals surface area contributed by atoms with E-state index in [2.05, 4.69) is 5.32 Å². The molecule has 0 saturated carbocycles. The third-order valence-electron chi connectivity index (χ3n) is 4.93. The van der Waals surface area contributed by atoms with Gasteiger partial charge in [-0.1, -0.05) is 0 Å². The van der Waals surface area contributed by atoms with Crippen molar-refractivity contribution in [3.8, 4) is 11.5 Å². The highest BCUT2D eigenvalue weighted by atomic mass is 32.2. The lowest BCUT2D eigenvalue weighted by Crippen LogP contribution is -2.43. The minimum absolute atomic E-state index is 0.0115. The summed E-state index contributed by atoms with van der Waals surface area (Å²) in [5.41, 5.74) is -0.278. The summed E-state index contributed by atoms with van der Waals surface area (Å²) in [6, 6.07) is 7.01. The molecule has 1 saturated heterocycles. The Morgan fingerprint density at radius 1 is 1.10 bits per heavy atom. The van der Waals surface area contributed by atoms with E-state index in [1.54, 1.807) is 0 Å². The molecule has 30 heavy (non-hydrogen) atoms. The van der Waals surface area contributed by atoms with Gasteiger partial charge in [0.05, 0.1) is 30.7 Å². The Hall–Kier alpha value is -2.72. The van der Waals surface area contributed by atoms with Crippen LogP contribution in [0.1, 0.15) is 12.8 Å². The molecular formula is C20H22F2N2O5S. The number of piperidine rings is 1. The number of halogens is 2. The molecule has 0 unspecified atom stereocenters. The summed E-state index contributed by atoms with van der Waals surface area (Å²) in [5, 5.41) is 2.35. The summed E-state index contributed by atoms with van der Waals surface area (Å²) >= 11 is 0. The maximum Gasteiger partial charge on any atom is 0.243 e. The molecule has 1 heterocycles. The van der Waals surface area contributed by atoms with Crippen molar-refractivity contribution in [3.63, 3.8) is 0 Å². The molecule has 1 amide bonds. The van der Waals surface area contributed by atoms with Crippen LogP contribution < -0.4 is 14.8 Å². The van der Waals surface area contributed by atoms with Gasteiger partial charge < -0.3 is 14.8 Å². The summed E-state index contributed by atoms with van der Waals surface area (Å²) < 4.78 is 64.8. The number of amides is 1. The van der Waals surface area contributed by atoms with Crippen LogP contribution in [-0.2, 0) is 14.8 Å². The molecule has 3 rings (SSSR count). The number of ether oxygens (including phenoxy) is 2. The minimum Gasteiger partial charge on any atom is -0.493 e. The molecular weight excluding hydrogens is 418 g/mol. The Kier molecular flexibility index (Phi) is 6.57. The van der Waals surface area contributed by atoms with Crippen molar-refractivity contribution in [2.24, 2.45) is 5.92 Å². The third kappa shape index (κ3) is 4.54. The van der Waals surface area contributed by atoms with E-state index >= 15 is 0 Å². The van der Waals surface area contributed by atoms with Gasteiger partial charge in [-0.05, 0) is 37.1 Å². The maximum absolute atomic E-state index is 13.8. The largest absolute Gasteiger partial charge is 0.493 e. The molecule has 1 aliphatic heterocycles. The topological polar surface area (TPSA) is 84.9 Å². The van der Waals surface area contributed by atoms with Crippen LogP contribution in [-0.4, -0.2) is 45.9 Å². The summed E-state index contributed by atoms with van der Waals surface area (Å²) in [6.07, 6.45) is 0.886. The van der Waals surface area contributed by atoms with Gasteiger partial charge in [-0.3, -0.25) is 4.79 Å². The number of rotatable bonds is 6. The van der Waals surface area contributed by atoms with Crippen molar-refractivity contribution in [1.29, 1.82) is 0 Å². The van der Waals surface area contributed by atoms with E-state index in [1.807, 2.05) is 0 Å². The van der Waals surface area contributed by atoms with Crippen molar-refractivity contribution in [1.82, 2.24) is 4.31 Å². The van der Waals surface area contributed by atoms with Crippen molar-refractivity contribution < 1.29 is 31.5 Å². The average Bonchev–Trinajstić information content (AvgIpc) is 2.75. The first-order valence-corrected chi connectivity index (χ1v) is 10.7. The molecule has 0 radical (unpaired) electrons. The molecule has 10 heteroatoms. The lowest BCUT2D eigenvalue weighted by molar-refractivity contribution is -0.120. The number of benzene rings is 2. The molecule has 162 valence electrons. The molecule has 2 aromatic rings. The molecule has 1 fully saturated rings. The molecule has 0 bridgehead atoms. The van der Waals surface area contributed by atoms with Crippen molar-refractivity contribution in [2.75, 3.05) is 32.6 Å². The highest BCUT2D eigenvalue weighted by molar-refractivity contribution is 7.89. The van der Waals surface area contributed by atoms with Gasteiger partial charge in [0, 0.05) is 25.2 Å². The number of anilines is 1. The second-order valence-electron chi connectivity index (χ2n) is 6.83. The molecule has 0 spiro atoms. The highest BCUT2D eigenvalue weighted by Gasteiger charge is 2.34. The Labute approximate surface area is 173 Å².